The summed E-state index contributed by atoms with van der Waals surface area (Å²) in [4.78, 5) is 25.8. The Hall–Kier alpha value is -1.85. The number of aromatic amines is 1. The Morgan fingerprint density at radius 3 is 2.86 bits per heavy atom. The number of likely N-dealkylation sites (tertiary alicyclic amines) is 1. The molecule has 2 rings (SSSR count). The number of aryl methyl sites for hydroxylation is 2. The van der Waals surface area contributed by atoms with Gasteiger partial charge in [-0.25, -0.2) is 0 Å². The van der Waals surface area contributed by atoms with Crippen molar-refractivity contribution in [3.8, 4) is 0 Å². The number of rotatable bonds is 4. The molecule has 1 aromatic rings. The zero-order valence-corrected chi connectivity index (χ0v) is 13.2. The molecule has 1 aliphatic heterocycles. The van der Waals surface area contributed by atoms with Gasteiger partial charge in [-0.05, 0) is 38.2 Å². The van der Waals surface area contributed by atoms with Crippen LogP contribution in [-0.4, -0.2) is 46.5 Å². The fourth-order valence-electron chi connectivity index (χ4n) is 3.09. The third kappa shape index (κ3) is 3.43. The fourth-order valence-corrected chi connectivity index (χ4v) is 3.09. The van der Waals surface area contributed by atoms with Gasteiger partial charge in [0.05, 0.1) is 5.69 Å². The highest BCUT2D eigenvalue weighted by Gasteiger charge is 2.28. The number of H-pyrrole nitrogens is 1. The molecule has 116 valence electrons. The predicted molar refractivity (Wildman–Crippen MR) is 79.9 cm³/mol. The van der Waals surface area contributed by atoms with Crippen molar-refractivity contribution in [2.45, 2.75) is 52.0 Å². The van der Waals surface area contributed by atoms with Gasteiger partial charge in [-0.15, -0.1) is 0 Å². The van der Waals surface area contributed by atoms with E-state index in [0.717, 1.165) is 36.3 Å². The van der Waals surface area contributed by atoms with Crippen LogP contribution in [0.5, 0.6) is 0 Å². The van der Waals surface area contributed by atoms with Crippen LogP contribution < -0.4 is 5.32 Å². The number of nitrogens with zero attached hydrogens (tertiary/aromatic N) is 2. The molecule has 0 aromatic carbocycles. The summed E-state index contributed by atoms with van der Waals surface area (Å²) in [6.07, 6.45) is 2.03. The number of carbonyl (C=O) groups is 2. The van der Waals surface area contributed by atoms with Crippen LogP contribution in [0.15, 0.2) is 0 Å². The second-order valence-corrected chi connectivity index (χ2v) is 5.97. The summed E-state index contributed by atoms with van der Waals surface area (Å²) in [7, 11) is 1.78. The van der Waals surface area contributed by atoms with Gasteiger partial charge < -0.3 is 10.2 Å². The van der Waals surface area contributed by atoms with E-state index in [1.54, 1.807) is 11.9 Å². The van der Waals surface area contributed by atoms with Crippen molar-refractivity contribution in [3.05, 3.63) is 17.0 Å². The number of aromatic nitrogens is 2. The summed E-state index contributed by atoms with van der Waals surface area (Å²) in [5.41, 5.74) is 3.03. The van der Waals surface area contributed by atoms with Gasteiger partial charge in [-0.2, -0.15) is 5.10 Å². The van der Waals surface area contributed by atoms with Crippen molar-refractivity contribution in [1.29, 1.82) is 0 Å². The van der Waals surface area contributed by atoms with Crippen molar-refractivity contribution in [3.63, 3.8) is 0 Å². The Morgan fingerprint density at radius 2 is 2.24 bits per heavy atom. The molecule has 0 bridgehead atoms. The van der Waals surface area contributed by atoms with Gasteiger partial charge in [0, 0.05) is 25.7 Å². The Bertz CT molecular complexity index is 518. The van der Waals surface area contributed by atoms with Gasteiger partial charge >= 0.3 is 0 Å². The first-order chi connectivity index (χ1) is 9.90. The van der Waals surface area contributed by atoms with Crippen LogP contribution in [0, 0.1) is 13.8 Å². The fraction of sp³-hybridized carbons (Fsp3) is 0.667. The van der Waals surface area contributed by atoms with E-state index < -0.39 is 0 Å². The van der Waals surface area contributed by atoms with Gasteiger partial charge in [-0.3, -0.25) is 14.7 Å². The second-order valence-electron chi connectivity index (χ2n) is 5.97. The van der Waals surface area contributed by atoms with Crippen molar-refractivity contribution >= 4 is 11.8 Å². The molecule has 2 amide bonds. The van der Waals surface area contributed by atoms with Crippen LogP contribution in [0.3, 0.4) is 0 Å². The Balaban J connectivity index is 1.94. The first kappa shape index (κ1) is 15.5. The minimum absolute atomic E-state index is 0.0120. The predicted octanol–water partition coefficient (Wildman–Crippen LogP) is 1.26. The standard InChI is InChI=1S/C15H24N4O2/c1-9(14-10(2)17-18-11(14)3)8-13(20)16-12-6-5-7-19(4)15(12)21/h9,12H,5-8H2,1-4H3,(H,16,20)(H,17,18)/t9-,12-/m0/s1. The lowest BCUT2D eigenvalue weighted by molar-refractivity contribution is -0.137. The molecule has 21 heavy (non-hydrogen) atoms. The van der Waals surface area contributed by atoms with Gasteiger partial charge in [-0.1, -0.05) is 6.92 Å². The molecule has 0 radical (unpaired) electrons. The summed E-state index contributed by atoms with van der Waals surface area (Å²) >= 11 is 0. The minimum atomic E-state index is -0.366. The number of hydrogen-bond acceptors (Lipinski definition) is 3. The Labute approximate surface area is 125 Å². The Kier molecular flexibility index (Phi) is 4.65. The monoisotopic (exact) mass is 292 g/mol. The molecule has 2 atom stereocenters. The first-order valence-corrected chi connectivity index (χ1v) is 7.46. The van der Waals surface area contributed by atoms with Crippen LogP contribution in [-0.2, 0) is 9.59 Å². The zero-order valence-electron chi connectivity index (χ0n) is 13.2. The van der Waals surface area contributed by atoms with Gasteiger partial charge in [0.1, 0.15) is 6.04 Å². The molecule has 1 aromatic heterocycles. The van der Waals surface area contributed by atoms with E-state index in [2.05, 4.69) is 15.5 Å². The van der Waals surface area contributed by atoms with E-state index in [1.165, 1.54) is 0 Å². The zero-order chi connectivity index (χ0) is 15.6. The first-order valence-electron chi connectivity index (χ1n) is 7.46. The summed E-state index contributed by atoms with van der Waals surface area (Å²) in [5, 5.41) is 9.98. The summed E-state index contributed by atoms with van der Waals surface area (Å²) in [6, 6.07) is -0.366. The molecule has 0 saturated carbocycles. The Morgan fingerprint density at radius 1 is 1.52 bits per heavy atom. The quantitative estimate of drug-likeness (QED) is 0.877. The van der Waals surface area contributed by atoms with E-state index in [9.17, 15) is 9.59 Å². The number of hydrogen-bond donors (Lipinski definition) is 2. The topological polar surface area (TPSA) is 78.1 Å². The molecular formula is C15H24N4O2. The lowest BCUT2D eigenvalue weighted by atomic mass is 9.95. The van der Waals surface area contributed by atoms with Crippen molar-refractivity contribution in [1.82, 2.24) is 20.4 Å². The maximum Gasteiger partial charge on any atom is 0.244 e. The SMILES string of the molecule is Cc1n[nH]c(C)c1[C@@H](C)CC(=O)N[C@H]1CCCN(C)C1=O. The average molecular weight is 292 g/mol. The van der Waals surface area contributed by atoms with Crippen LogP contribution in [0.2, 0.25) is 0 Å². The number of likely N-dealkylation sites (N-methyl/N-ethyl adjacent to an activating group) is 1. The normalized spacial score (nSPS) is 20.5. The molecule has 1 fully saturated rings. The molecule has 2 N–H and O–H groups in total. The van der Waals surface area contributed by atoms with Crippen molar-refractivity contribution in [2.24, 2.45) is 0 Å². The molecule has 0 unspecified atom stereocenters. The molecule has 1 aliphatic rings. The molecule has 0 spiro atoms. The maximum atomic E-state index is 12.2. The van der Waals surface area contributed by atoms with Crippen molar-refractivity contribution in [2.75, 3.05) is 13.6 Å². The molecule has 2 heterocycles. The van der Waals surface area contributed by atoms with Crippen LogP contribution >= 0.6 is 0 Å². The third-order valence-corrected chi connectivity index (χ3v) is 4.17. The van der Waals surface area contributed by atoms with Crippen LogP contribution in [0.25, 0.3) is 0 Å². The summed E-state index contributed by atoms with van der Waals surface area (Å²) < 4.78 is 0. The number of piperidine rings is 1. The van der Waals surface area contributed by atoms with E-state index >= 15 is 0 Å². The highest BCUT2D eigenvalue weighted by atomic mass is 16.2. The van der Waals surface area contributed by atoms with E-state index in [4.69, 9.17) is 0 Å². The number of amides is 2. The second kappa shape index (κ2) is 6.28. The lowest BCUT2D eigenvalue weighted by Crippen LogP contribution is -2.50. The van der Waals surface area contributed by atoms with E-state index in [1.807, 2.05) is 20.8 Å². The minimum Gasteiger partial charge on any atom is -0.344 e. The third-order valence-electron chi connectivity index (χ3n) is 4.17. The highest BCUT2D eigenvalue weighted by Crippen LogP contribution is 2.24. The molecule has 0 aliphatic carbocycles. The number of nitrogens with one attached hydrogen (secondary N) is 2. The summed E-state index contributed by atoms with van der Waals surface area (Å²) in [5.74, 6) is 0.0225. The van der Waals surface area contributed by atoms with Gasteiger partial charge in [0.15, 0.2) is 0 Å². The van der Waals surface area contributed by atoms with Crippen LogP contribution in [0.4, 0.5) is 0 Å². The van der Waals surface area contributed by atoms with Crippen LogP contribution in [0.1, 0.15) is 49.1 Å². The molecular weight excluding hydrogens is 268 g/mol. The lowest BCUT2D eigenvalue weighted by Gasteiger charge is -2.29. The number of carbonyl (C=O) groups excluding carboxylic acids is 2. The van der Waals surface area contributed by atoms with E-state index in [0.29, 0.717) is 6.42 Å². The molecule has 1 saturated heterocycles. The molecule has 6 nitrogen and oxygen atoms in total. The average Bonchev–Trinajstić information content (AvgIpc) is 2.74. The van der Waals surface area contributed by atoms with Gasteiger partial charge in [0.25, 0.3) is 0 Å². The highest BCUT2D eigenvalue weighted by molar-refractivity contribution is 5.88. The van der Waals surface area contributed by atoms with Crippen molar-refractivity contribution < 1.29 is 9.59 Å². The van der Waals surface area contributed by atoms with E-state index in [-0.39, 0.29) is 23.8 Å². The maximum absolute atomic E-state index is 12.2. The summed E-state index contributed by atoms with van der Waals surface area (Å²) in [6.45, 7) is 6.69. The largest absolute Gasteiger partial charge is 0.344 e. The van der Waals surface area contributed by atoms with Gasteiger partial charge in [0.2, 0.25) is 11.8 Å². The smallest absolute Gasteiger partial charge is 0.244 e. The molecule has 6 heteroatoms.